The molecule has 1 fully saturated rings. The Balaban J connectivity index is 1.87. The Morgan fingerprint density at radius 1 is 1.48 bits per heavy atom. The summed E-state index contributed by atoms with van der Waals surface area (Å²) >= 11 is 5.82. The first-order valence-corrected chi connectivity index (χ1v) is 8.00. The first-order chi connectivity index (χ1) is 11.0. The van der Waals surface area contributed by atoms with E-state index < -0.39 is 11.7 Å². The zero-order valence-electron chi connectivity index (χ0n) is 12.9. The minimum atomic E-state index is -0.718. The van der Waals surface area contributed by atoms with Gasteiger partial charge in [-0.2, -0.15) is 0 Å². The van der Waals surface area contributed by atoms with Gasteiger partial charge in [0.05, 0.1) is 23.7 Å². The maximum Gasteiger partial charge on any atom is 0.256 e. The summed E-state index contributed by atoms with van der Waals surface area (Å²) < 4.78 is 19.0. The number of carbonyl (C=O) groups is 2. The van der Waals surface area contributed by atoms with E-state index in [4.69, 9.17) is 16.3 Å². The van der Waals surface area contributed by atoms with Crippen LogP contribution in [0.3, 0.4) is 0 Å². The zero-order valence-corrected chi connectivity index (χ0v) is 13.7. The van der Waals surface area contributed by atoms with Crippen molar-refractivity contribution in [1.82, 2.24) is 10.6 Å². The van der Waals surface area contributed by atoms with Gasteiger partial charge in [0.25, 0.3) is 5.91 Å². The fourth-order valence-corrected chi connectivity index (χ4v) is 2.89. The molecule has 0 spiro atoms. The van der Waals surface area contributed by atoms with Crippen molar-refractivity contribution < 1.29 is 18.7 Å². The number of benzene rings is 1. The third-order valence-corrected chi connectivity index (χ3v) is 4.23. The van der Waals surface area contributed by atoms with Gasteiger partial charge >= 0.3 is 0 Å². The van der Waals surface area contributed by atoms with Crippen LogP contribution in [-0.2, 0) is 9.53 Å². The van der Waals surface area contributed by atoms with Crippen molar-refractivity contribution in [2.75, 3.05) is 19.8 Å². The van der Waals surface area contributed by atoms with Crippen LogP contribution in [0, 0.1) is 11.7 Å². The lowest BCUT2D eigenvalue weighted by Crippen LogP contribution is -2.45. The molecule has 0 bridgehead atoms. The predicted molar refractivity (Wildman–Crippen MR) is 84.9 cm³/mol. The first-order valence-electron chi connectivity index (χ1n) is 7.62. The van der Waals surface area contributed by atoms with Crippen molar-refractivity contribution in [3.05, 3.63) is 34.6 Å². The Kier molecular flexibility index (Phi) is 6.36. The number of hydrogen-bond donors (Lipinski definition) is 2. The summed E-state index contributed by atoms with van der Waals surface area (Å²) in [7, 11) is 0. The smallest absolute Gasteiger partial charge is 0.256 e. The Labute approximate surface area is 139 Å². The van der Waals surface area contributed by atoms with Crippen LogP contribution in [0.25, 0.3) is 0 Å². The second-order valence-electron chi connectivity index (χ2n) is 5.49. The van der Waals surface area contributed by atoms with Gasteiger partial charge in [-0.25, -0.2) is 4.39 Å². The molecule has 126 valence electrons. The van der Waals surface area contributed by atoms with Crippen LogP contribution >= 0.6 is 11.6 Å². The number of nitrogens with one attached hydrogen (secondary N) is 2. The number of halogens is 2. The molecule has 0 aliphatic carbocycles. The summed E-state index contributed by atoms with van der Waals surface area (Å²) in [5, 5.41) is 5.29. The Hall–Kier alpha value is -1.66. The average molecular weight is 343 g/mol. The highest BCUT2D eigenvalue weighted by atomic mass is 35.5. The molecule has 2 rings (SSSR count). The summed E-state index contributed by atoms with van der Waals surface area (Å²) in [5.41, 5.74) is -0.252. The highest BCUT2D eigenvalue weighted by Gasteiger charge is 2.26. The molecule has 1 aromatic carbocycles. The van der Waals surface area contributed by atoms with Crippen LogP contribution in [0.4, 0.5) is 4.39 Å². The molecule has 2 unspecified atom stereocenters. The largest absolute Gasteiger partial charge is 0.381 e. The van der Waals surface area contributed by atoms with E-state index in [0.29, 0.717) is 19.1 Å². The van der Waals surface area contributed by atoms with Crippen LogP contribution in [0.1, 0.15) is 30.1 Å². The van der Waals surface area contributed by atoms with Gasteiger partial charge in [-0.3, -0.25) is 9.59 Å². The van der Waals surface area contributed by atoms with Crippen LogP contribution in [0.2, 0.25) is 5.02 Å². The van der Waals surface area contributed by atoms with Crippen LogP contribution in [0.5, 0.6) is 0 Å². The lowest BCUT2D eigenvalue weighted by Gasteiger charge is -2.22. The van der Waals surface area contributed by atoms with E-state index in [1.807, 2.05) is 6.92 Å². The van der Waals surface area contributed by atoms with Crippen molar-refractivity contribution >= 4 is 23.4 Å². The molecule has 5 nitrogen and oxygen atoms in total. The van der Waals surface area contributed by atoms with E-state index in [2.05, 4.69) is 10.6 Å². The highest BCUT2D eigenvalue weighted by molar-refractivity contribution is 6.33. The molecule has 1 aliphatic rings. The number of hydrogen-bond acceptors (Lipinski definition) is 3. The number of amides is 2. The van der Waals surface area contributed by atoms with Crippen molar-refractivity contribution in [3.8, 4) is 0 Å². The van der Waals surface area contributed by atoms with Crippen LogP contribution < -0.4 is 10.6 Å². The standard InChI is InChI=1S/C16H20ClFN2O3/c1-2-13(10-6-7-23-9-10)20-14(21)8-19-16(22)15-11(17)4-3-5-12(15)18/h3-5,10,13H,2,6-9H2,1H3,(H,19,22)(H,20,21). The molecule has 2 N–H and O–H groups in total. The van der Waals surface area contributed by atoms with Crippen molar-refractivity contribution in [3.63, 3.8) is 0 Å². The topological polar surface area (TPSA) is 67.4 Å². The van der Waals surface area contributed by atoms with Crippen molar-refractivity contribution in [2.24, 2.45) is 5.92 Å². The van der Waals surface area contributed by atoms with Gasteiger partial charge in [-0.15, -0.1) is 0 Å². The minimum Gasteiger partial charge on any atom is -0.381 e. The van der Waals surface area contributed by atoms with E-state index in [9.17, 15) is 14.0 Å². The molecule has 0 aromatic heterocycles. The number of rotatable bonds is 6. The highest BCUT2D eigenvalue weighted by Crippen LogP contribution is 2.19. The van der Waals surface area contributed by atoms with Gasteiger partial charge in [0.1, 0.15) is 5.82 Å². The molecule has 2 amide bonds. The van der Waals surface area contributed by atoms with E-state index >= 15 is 0 Å². The summed E-state index contributed by atoms with van der Waals surface area (Å²) in [6, 6.07) is 4.00. The normalized spacial score (nSPS) is 18.5. The lowest BCUT2D eigenvalue weighted by atomic mass is 9.97. The minimum absolute atomic E-state index is 0.0115. The van der Waals surface area contributed by atoms with Crippen LogP contribution in [-0.4, -0.2) is 37.6 Å². The first kappa shape index (κ1) is 17.7. The molecular weight excluding hydrogens is 323 g/mol. The maximum atomic E-state index is 13.6. The third-order valence-electron chi connectivity index (χ3n) is 3.92. The quantitative estimate of drug-likeness (QED) is 0.832. The molecule has 1 aromatic rings. The Morgan fingerprint density at radius 3 is 2.87 bits per heavy atom. The van der Waals surface area contributed by atoms with E-state index in [-0.39, 0.29) is 29.1 Å². The van der Waals surface area contributed by atoms with Crippen molar-refractivity contribution in [1.29, 1.82) is 0 Å². The van der Waals surface area contributed by atoms with Gasteiger partial charge < -0.3 is 15.4 Å². The zero-order chi connectivity index (χ0) is 16.8. The molecular formula is C16H20ClFN2O3. The van der Waals surface area contributed by atoms with Crippen LogP contribution in [0.15, 0.2) is 18.2 Å². The molecule has 0 saturated carbocycles. The number of ether oxygens (including phenoxy) is 1. The van der Waals surface area contributed by atoms with Gasteiger partial charge in [-0.1, -0.05) is 24.6 Å². The summed E-state index contributed by atoms with van der Waals surface area (Å²) in [4.78, 5) is 23.9. The SMILES string of the molecule is CCC(NC(=O)CNC(=O)c1c(F)cccc1Cl)C1CCOC1. The molecule has 1 heterocycles. The molecule has 0 radical (unpaired) electrons. The second-order valence-corrected chi connectivity index (χ2v) is 5.89. The van der Waals surface area contributed by atoms with E-state index in [0.717, 1.165) is 18.9 Å². The summed E-state index contributed by atoms with van der Waals surface area (Å²) in [5.74, 6) is -1.45. The van der Waals surface area contributed by atoms with Gasteiger partial charge in [0.15, 0.2) is 0 Å². The second kappa shape index (κ2) is 8.26. The molecule has 2 atom stereocenters. The molecule has 23 heavy (non-hydrogen) atoms. The summed E-state index contributed by atoms with van der Waals surface area (Å²) in [6.07, 6.45) is 1.70. The maximum absolute atomic E-state index is 13.6. The Morgan fingerprint density at radius 2 is 2.26 bits per heavy atom. The monoisotopic (exact) mass is 342 g/mol. The molecule has 1 saturated heterocycles. The van der Waals surface area contributed by atoms with Gasteiger partial charge in [0, 0.05) is 18.6 Å². The van der Waals surface area contributed by atoms with E-state index in [1.165, 1.54) is 12.1 Å². The van der Waals surface area contributed by atoms with E-state index in [1.54, 1.807) is 0 Å². The fourth-order valence-electron chi connectivity index (χ4n) is 2.64. The molecule has 1 aliphatic heterocycles. The molecule has 7 heteroatoms. The summed E-state index contributed by atoms with van der Waals surface area (Å²) in [6.45, 7) is 3.10. The average Bonchev–Trinajstić information content (AvgIpc) is 3.04. The van der Waals surface area contributed by atoms with Gasteiger partial charge in [0.2, 0.25) is 5.91 Å². The third kappa shape index (κ3) is 4.65. The van der Waals surface area contributed by atoms with Crippen molar-refractivity contribution in [2.45, 2.75) is 25.8 Å². The number of carbonyl (C=O) groups excluding carboxylic acids is 2. The fraction of sp³-hybridized carbons (Fsp3) is 0.500. The lowest BCUT2D eigenvalue weighted by molar-refractivity contribution is -0.121. The predicted octanol–water partition coefficient (Wildman–Crippen LogP) is 2.14. The Bertz CT molecular complexity index is 556. The van der Waals surface area contributed by atoms with Gasteiger partial charge in [-0.05, 0) is 25.0 Å².